The van der Waals surface area contributed by atoms with Crippen LogP contribution < -0.4 is 0 Å². The third-order valence-corrected chi connectivity index (χ3v) is 14.8. The van der Waals surface area contributed by atoms with Crippen LogP contribution in [0.5, 0.6) is 0 Å². The first-order valence-corrected chi connectivity index (χ1v) is 14.4. The van der Waals surface area contributed by atoms with Crippen LogP contribution in [0.25, 0.3) is 10.4 Å². The first-order chi connectivity index (χ1) is 14.1. The monoisotopic (exact) mass is 435 g/mol. The van der Waals surface area contributed by atoms with Crippen LogP contribution in [-0.2, 0) is 9.22 Å². The average molecular weight is 436 g/mol. The van der Waals surface area contributed by atoms with E-state index in [1.807, 2.05) is 0 Å². The zero-order valence-electron chi connectivity index (χ0n) is 20.6. The summed E-state index contributed by atoms with van der Waals surface area (Å²) in [6, 6.07) is 0. The summed E-state index contributed by atoms with van der Waals surface area (Å²) in [5.74, 6) is 2.87. The van der Waals surface area contributed by atoms with Gasteiger partial charge in [0.25, 0.3) is 0 Å². The predicted molar refractivity (Wildman–Crippen MR) is 127 cm³/mol. The van der Waals surface area contributed by atoms with E-state index in [9.17, 15) is 4.79 Å². The fourth-order valence-electron chi connectivity index (χ4n) is 7.18. The van der Waals surface area contributed by atoms with Crippen LogP contribution in [0.2, 0.25) is 16.6 Å². The molecule has 0 amide bonds. The van der Waals surface area contributed by atoms with Gasteiger partial charge in [0, 0.05) is 29.9 Å². The van der Waals surface area contributed by atoms with Crippen molar-refractivity contribution in [2.24, 2.45) is 40.6 Å². The predicted octanol–water partition coefficient (Wildman–Crippen LogP) is 7.38. The molecule has 6 heteroatoms. The maximum atomic E-state index is 13.3. The third-order valence-electron chi connectivity index (χ3n) is 8.69. The first-order valence-electron chi connectivity index (χ1n) is 12.3. The van der Waals surface area contributed by atoms with Gasteiger partial charge in [-0.25, -0.2) is 0 Å². The van der Waals surface area contributed by atoms with E-state index in [4.69, 9.17) is 9.96 Å². The molecule has 2 aliphatic rings. The molecule has 5 nitrogen and oxygen atoms in total. The van der Waals surface area contributed by atoms with Gasteiger partial charge in [-0.15, -0.1) is 0 Å². The number of fused-ring (bicyclic) bond motifs is 1. The highest BCUT2D eigenvalue weighted by molar-refractivity contribution is 6.77. The van der Waals surface area contributed by atoms with Crippen LogP contribution >= 0.6 is 0 Å². The summed E-state index contributed by atoms with van der Waals surface area (Å²) in [5, 5.41) is 3.62. The van der Waals surface area contributed by atoms with Gasteiger partial charge in [-0.05, 0) is 65.1 Å². The van der Waals surface area contributed by atoms with Gasteiger partial charge in [0.1, 0.15) is 5.78 Å². The molecule has 0 heterocycles. The van der Waals surface area contributed by atoms with Crippen LogP contribution in [0.15, 0.2) is 5.11 Å². The van der Waals surface area contributed by atoms with E-state index < -0.39 is 8.32 Å². The normalized spacial score (nSPS) is 31.6. The molecule has 0 radical (unpaired) electrons. The fraction of sp³-hybridized carbons (Fsp3) is 0.958. The topological polar surface area (TPSA) is 75.1 Å². The van der Waals surface area contributed by atoms with Gasteiger partial charge in [-0.2, -0.15) is 0 Å². The Balaban J connectivity index is 2.01. The number of carbonyl (C=O) groups is 1. The molecule has 172 valence electrons. The lowest BCUT2D eigenvalue weighted by molar-refractivity contribution is -0.125. The van der Waals surface area contributed by atoms with E-state index >= 15 is 0 Å². The van der Waals surface area contributed by atoms with E-state index in [1.54, 1.807) is 0 Å². The van der Waals surface area contributed by atoms with Gasteiger partial charge in [-0.1, -0.05) is 66.9 Å². The van der Waals surface area contributed by atoms with Gasteiger partial charge in [0.05, 0.1) is 0 Å². The number of hydrogen-bond donors (Lipinski definition) is 0. The highest BCUT2D eigenvalue weighted by Crippen LogP contribution is 2.55. The quantitative estimate of drug-likeness (QED) is 0.112. The van der Waals surface area contributed by atoms with Gasteiger partial charge >= 0.3 is 0 Å². The number of hydrogen-bond acceptors (Lipinski definition) is 3. The Labute approximate surface area is 185 Å². The van der Waals surface area contributed by atoms with Crippen LogP contribution in [0, 0.1) is 35.5 Å². The summed E-state index contributed by atoms with van der Waals surface area (Å²) >= 11 is 0. The van der Waals surface area contributed by atoms with Crippen molar-refractivity contribution in [3.8, 4) is 0 Å². The minimum atomic E-state index is -1.86. The summed E-state index contributed by atoms with van der Waals surface area (Å²) in [6.45, 7) is 20.0. The number of nitrogens with zero attached hydrogens (tertiary/aromatic N) is 3. The zero-order chi connectivity index (χ0) is 22.6. The second kappa shape index (κ2) is 10.6. The zero-order valence-corrected chi connectivity index (χ0v) is 21.6. The highest BCUT2D eigenvalue weighted by Gasteiger charge is 2.55. The maximum Gasteiger partial charge on any atom is 0.200 e. The number of unbranched alkanes of at least 4 members (excludes halogenated alkanes) is 1. The lowest BCUT2D eigenvalue weighted by Gasteiger charge is -2.43. The summed E-state index contributed by atoms with van der Waals surface area (Å²) in [6.07, 6.45) is 3.96. The standard InChI is InChI=1S/C24H45N3O2Si/c1-15(2)30(16(3)4,17(5)6)29-14-20-13-22-19(8)21(11-9-10-12-26-27-25)24(28)23(22)18(20)7/h15-23H,9-14H2,1-8H3/t18-,19-,20-,21-,22+,23+/m1/s1. The molecule has 0 aromatic carbocycles. The van der Waals surface area contributed by atoms with Gasteiger partial charge in [0.2, 0.25) is 0 Å². The highest BCUT2D eigenvalue weighted by atomic mass is 28.4. The molecule has 0 aromatic heterocycles. The summed E-state index contributed by atoms with van der Waals surface area (Å²) in [4.78, 5) is 16.1. The number of rotatable bonds is 11. The summed E-state index contributed by atoms with van der Waals surface area (Å²) in [7, 11) is -1.86. The number of ketones is 1. The Bertz CT molecular complexity index is 608. The molecular formula is C24H45N3O2Si. The van der Waals surface area contributed by atoms with Gasteiger partial charge in [0.15, 0.2) is 8.32 Å². The van der Waals surface area contributed by atoms with Crippen molar-refractivity contribution in [1.82, 2.24) is 0 Å². The molecule has 2 rings (SSSR count). The maximum absolute atomic E-state index is 13.3. The van der Waals surface area contributed by atoms with E-state index in [2.05, 4.69) is 65.4 Å². The number of azide groups is 1. The second-order valence-electron chi connectivity index (χ2n) is 11.0. The lowest BCUT2D eigenvalue weighted by Crippen LogP contribution is -2.48. The van der Waals surface area contributed by atoms with Crippen molar-refractivity contribution >= 4 is 14.1 Å². The first kappa shape index (κ1) is 25.4. The van der Waals surface area contributed by atoms with Crippen molar-refractivity contribution < 1.29 is 9.22 Å². The molecule has 6 atom stereocenters. The van der Waals surface area contributed by atoms with Crippen molar-refractivity contribution in [1.29, 1.82) is 0 Å². The molecule has 0 bridgehead atoms. The molecule has 0 saturated heterocycles. The summed E-state index contributed by atoms with van der Waals surface area (Å²) < 4.78 is 6.92. The Hall–Kier alpha value is -0.843. The van der Waals surface area contributed by atoms with E-state index in [-0.39, 0.29) is 11.8 Å². The molecule has 0 N–H and O–H groups in total. The van der Waals surface area contributed by atoms with Crippen molar-refractivity contribution in [3.63, 3.8) is 0 Å². The summed E-state index contributed by atoms with van der Waals surface area (Å²) in [5.41, 5.74) is 10.2. The van der Waals surface area contributed by atoms with Crippen molar-refractivity contribution in [2.45, 2.75) is 97.7 Å². The number of Topliss-reactive ketones (excluding diaryl/α,β-unsaturated/α-hetero) is 1. The van der Waals surface area contributed by atoms with Gasteiger partial charge < -0.3 is 4.43 Å². The van der Waals surface area contributed by atoms with Crippen LogP contribution in [0.1, 0.15) is 81.1 Å². The molecule has 30 heavy (non-hydrogen) atoms. The van der Waals surface area contributed by atoms with Crippen LogP contribution in [0.4, 0.5) is 0 Å². The SMILES string of the molecule is CC(C)[Si](OC[C@H]1C[C@H]2[C@H](C)[C@@H](CCCCN=[N+]=[N-])C(=O)[C@H]2[C@@H]1C)(C(C)C)C(C)C. The van der Waals surface area contributed by atoms with Crippen molar-refractivity contribution in [2.75, 3.05) is 13.2 Å². The fourth-order valence-corrected chi connectivity index (χ4v) is 12.7. The Morgan fingerprint density at radius 3 is 2.17 bits per heavy atom. The Kier molecular flexibility index (Phi) is 9.02. The van der Waals surface area contributed by atoms with Crippen molar-refractivity contribution in [3.05, 3.63) is 10.4 Å². The van der Waals surface area contributed by atoms with E-state index in [1.165, 1.54) is 0 Å². The van der Waals surface area contributed by atoms with Crippen LogP contribution in [0.3, 0.4) is 0 Å². The minimum absolute atomic E-state index is 0.200. The molecule has 0 spiro atoms. The van der Waals surface area contributed by atoms with Gasteiger partial charge in [-0.3, -0.25) is 4.79 Å². The molecule has 2 saturated carbocycles. The van der Waals surface area contributed by atoms with E-state index in [0.717, 1.165) is 32.3 Å². The minimum Gasteiger partial charge on any atom is -0.416 e. The van der Waals surface area contributed by atoms with Crippen LogP contribution in [-0.4, -0.2) is 27.3 Å². The molecule has 0 unspecified atom stereocenters. The largest absolute Gasteiger partial charge is 0.416 e. The Morgan fingerprint density at radius 2 is 1.67 bits per heavy atom. The average Bonchev–Trinajstić information content (AvgIpc) is 3.11. The molecule has 0 aromatic rings. The Morgan fingerprint density at radius 1 is 1.07 bits per heavy atom. The molecular weight excluding hydrogens is 390 g/mol. The lowest BCUT2D eigenvalue weighted by atomic mass is 9.84. The van der Waals surface area contributed by atoms with E-state index in [0.29, 0.717) is 52.6 Å². The third kappa shape index (κ3) is 4.81. The molecule has 2 aliphatic carbocycles. The smallest absolute Gasteiger partial charge is 0.200 e. The molecule has 0 aliphatic heterocycles. The number of carbonyl (C=O) groups excluding carboxylic acids is 1. The molecule has 2 fully saturated rings. The second-order valence-corrected chi connectivity index (χ2v) is 16.5.